The van der Waals surface area contributed by atoms with Crippen molar-refractivity contribution in [1.82, 2.24) is 10.2 Å². The molecule has 2 rings (SSSR count). The number of carbonyl (C=O) groups is 1. The minimum absolute atomic E-state index is 0.0237. The monoisotopic (exact) mass is 288 g/mol. The lowest BCUT2D eigenvalue weighted by atomic mass is 10.2. The molecule has 0 bridgehead atoms. The third-order valence-electron chi connectivity index (χ3n) is 2.86. The maximum absolute atomic E-state index is 13.5. The number of carbonyl (C=O) groups excluding carboxylic acids is 1. The van der Waals surface area contributed by atoms with Crippen LogP contribution in [0.5, 0.6) is 0 Å². The lowest BCUT2D eigenvalue weighted by Gasteiger charge is -2.06. The molecule has 1 amide bonds. The van der Waals surface area contributed by atoms with Crippen LogP contribution in [0, 0.1) is 5.82 Å². The average molecular weight is 288 g/mol. The number of amides is 1. The molecule has 0 aliphatic heterocycles. The van der Waals surface area contributed by atoms with E-state index in [9.17, 15) is 9.18 Å². The Morgan fingerprint density at radius 2 is 1.86 bits per heavy atom. The van der Waals surface area contributed by atoms with Crippen LogP contribution in [0.15, 0.2) is 36.4 Å². The Balaban J connectivity index is 1.97. The topological polar surface area (TPSA) is 66.9 Å². The van der Waals surface area contributed by atoms with Crippen LogP contribution in [-0.4, -0.2) is 22.6 Å². The molecule has 0 radical (unpaired) electrons. The molecule has 21 heavy (non-hydrogen) atoms. The lowest BCUT2D eigenvalue weighted by molar-refractivity contribution is 0.102. The molecule has 0 saturated heterocycles. The molecule has 2 aromatic rings. The number of nitrogens with zero attached hydrogens (tertiary/aromatic N) is 2. The molecule has 5 nitrogen and oxygen atoms in total. The van der Waals surface area contributed by atoms with Crippen molar-refractivity contribution < 1.29 is 9.18 Å². The maximum atomic E-state index is 13.5. The molecule has 0 aliphatic rings. The zero-order valence-electron chi connectivity index (χ0n) is 11.8. The summed E-state index contributed by atoms with van der Waals surface area (Å²) in [5.41, 5.74) is -0.0237. The van der Waals surface area contributed by atoms with Crippen LogP contribution in [-0.2, 0) is 0 Å². The number of anilines is 2. The first-order valence-electron chi connectivity index (χ1n) is 6.84. The van der Waals surface area contributed by atoms with Gasteiger partial charge in [0.1, 0.15) is 11.6 Å². The molecule has 0 aliphatic carbocycles. The van der Waals surface area contributed by atoms with Crippen LogP contribution >= 0.6 is 0 Å². The first kappa shape index (κ1) is 14.9. The highest BCUT2D eigenvalue weighted by atomic mass is 19.1. The van der Waals surface area contributed by atoms with Crippen molar-refractivity contribution in [2.75, 3.05) is 17.2 Å². The van der Waals surface area contributed by atoms with E-state index < -0.39 is 11.7 Å². The molecule has 0 unspecified atom stereocenters. The smallest absolute Gasteiger partial charge is 0.259 e. The third-order valence-corrected chi connectivity index (χ3v) is 2.86. The van der Waals surface area contributed by atoms with Gasteiger partial charge >= 0.3 is 0 Å². The van der Waals surface area contributed by atoms with Gasteiger partial charge in [-0.2, -0.15) is 0 Å². The first-order valence-corrected chi connectivity index (χ1v) is 6.84. The van der Waals surface area contributed by atoms with E-state index in [-0.39, 0.29) is 11.4 Å². The van der Waals surface area contributed by atoms with Crippen LogP contribution in [0.1, 0.15) is 30.1 Å². The molecule has 2 N–H and O–H groups in total. The number of hydrogen-bond acceptors (Lipinski definition) is 4. The van der Waals surface area contributed by atoms with E-state index in [2.05, 4.69) is 27.8 Å². The fraction of sp³-hybridized carbons (Fsp3) is 0.267. The molecule has 1 aromatic carbocycles. The molecule has 1 aromatic heterocycles. The predicted octanol–water partition coefficient (Wildman–Crippen LogP) is 3.08. The molecule has 6 heteroatoms. The average Bonchev–Trinajstić information content (AvgIpc) is 2.49. The third kappa shape index (κ3) is 4.24. The van der Waals surface area contributed by atoms with Gasteiger partial charge in [0.25, 0.3) is 5.91 Å². The number of unbranched alkanes of at least 4 members (excludes halogenated alkanes) is 1. The molecule has 1 heterocycles. The Kier molecular flexibility index (Phi) is 5.20. The fourth-order valence-corrected chi connectivity index (χ4v) is 1.72. The maximum Gasteiger partial charge on any atom is 0.259 e. The summed E-state index contributed by atoms with van der Waals surface area (Å²) in [6, 6.07) is 9.13. The van der Waals surface area contributed by atoms with E-state index in [4.69, 9.17) is 0 Å². The number of benzene rings is 1. The summed E-state index contributed by atoms with van der Waals surface area (Å²) < 4.78 is 13.5. The first-order chi connectivity index (χ1) is 10.2. The Morgan fingerprint density at radius 3 is 2.52 bits per heavy atom. The van der Waals surface area contributed by atoms with Gasteiger partial charge in [-0.05, 0) is 30.7 Å². The largest absolute Gasteiger partial charge is 0.369 e. The molecule has 0 spiro atoms. The summed E-state index contributed by atoms with van der Waals surface area (Å²) in [6.45, 7) is 2.93. The summed E-state index contributed by atoms with van der Waals surface area (Å²) in [5.74, 6) is -0.188. The second kappa shape index (κ2) is 7.33. The number of halogens is 1. The Morgan fingerprint density at radius 1 is 1.14 bits per heavy atom. The van der Waals surface area contributed by atoms with Crippen LogP contribution in [0.2, 0.25) is 0 Å². The van der Waals surface area contributed by atoms with E-state index in [1.54, 1.807) is 18.2 Å². The Bertz CT molecular complexity index is 601. The highest BCUT2D eigenvalue weighted by Gasteiger charge is 2.11. The fourth-order valence-electron chi connectivity index (χ4n) is 1.72. The number of hydrogen-bond donors (Lipinski definition) is 2. The van der Waals surface area contributed by atoms with Gasteiger partial charge in [0.05, 0.1) is 5.56 Å². The second-order valence-electron chi connectivity index (χ2n) is 4.52. The summed E-state index contributed by atoms with van der Waals surface area (Å²) in [5, 5.41) is 13.5. The van der Waals surface area contributed by atoms with Crippen molar-refractivity contribution in [3.05, 3.63) is 47.8 Å². The second-order valence-corrected chi connectivity index (χ2v) is 4.52. The van der Waals surface area contributed by atoms with Crippen molar-refractivity contribution in [3.8, 4) is 0 Å². The van der Waals surface area contributed by atoms with E-state index in [0.29, 0.717) is 5.82 Å². The van der Waals surface area contributed by atoms with Gasteiger partial charge in [0, 0.05) is 6.54 Å². The van der Waals surface area contributed by atoms with E-state index in [1.165, 1.54) is 18.2 Å². The number of rotatable bonds is 6. The van der Waals surface area contributed by atoms with Crippen LogP contribution in [0.3, 0.4) is 0 Å². The summed E-state index contributed by atoms with van der Waals surface area (Å²) in [7, 11) is 0. The zero-order chi connectivity index (χ0) is 15.1. The van der Waals surface area contributed by atoms with Crippen molar-refractivity contribution in [2.45, 2.75) is 19.8 Å². The van der Waals surface area contributed by atoms with Crippen LogP contribution in [0.25, 0.3) is 0 Å². The SMILES string of the molecule is CCCCNc1ccc(NC(=O)c2ccccc2F)nn1. The molecule has 0 atom stereocenters. The number of aromatic nitrogens is 2. The van der Waals surface area contributed by atoms with E-state index in [1.807, 2.05) is 0 Å². The van der Waals surface area contributed by atoms with Gasteiger partial charge < -0.3 is 10.6 Å². The predicted molar refractivity (Wildman–Crippen MR) is 79.8 cm³/mol. The van der Waals surface area contributed by atoms with Gasteiger partial charge in [0.15, 0.2) is 5.82 Å². The minimum atomic E-state index is -0.569. The van der Waals surface area contributed by atoms with Gasteiger partial charge in [-0.25, -0.2) is 4.39 Å². The van der Waals surface area contributed by atoms with Gasteiger partial charge in [0.2, 0.25) is 0 Å². The Hall–Kier alpha value is -2.50. The molecule has 110 valence electrons. The number of nitrogens with one attached hydrogen (secondary N) is 2. The molecule has 0 saturated carbocycles. The van der Waals surface area contributed by atoms with Gasteiger partial charge in [-0.1, -0.05) is 25.5 Å². The highest BCUT2D eigenvalue weighted by molar-refractivity contribution is 6.03. The summed E-state index contributed by atoms with van der Waals surface area (Å²) >= 11 is 0. The Labute approximate surface area is 122 Å². The summed E-state index contributed by atoms with van der Waals surface area (Å²) in [4.78, 5) is 11.9. The highest BCUT2D eigenvalue weighted by Crippen LogP contribution is 2.11. The molecular formula is C15H17FN4O. The molecule has 0 fully saturated rings. The van der Waals surface area contributed by atoms with Crippen LogP contribution < -0.4 is 10.6 Å². The lowest BCUT2D eigenvalue weighted by Crippen LogP contribution is -2.15. The van der Waals surface area contributed by atoms with Crippen LogP contribution in [0.4, 0.5) is 16.0 Å². The normalized spacial score (nSPS) is 10.2. The molecular weight excluding hydrogens is 271 g/mol. The van der Waals surface area contributed by atoms with E-state index in [0.717, 1.165) is 19.4 Å². The van der Waals surface area contributed by atoms with Gasteiger partial charge in [-0.15, -0.1) is 10.2 Å². The van der Waals surface area contributed by atoms with Crippen molar-refractivity contribution in [1.29, 1.82) is 0 Å². The van der Waals surface area contributed by atoms with Crippen molar-refractivity contribution in [2.24, 2.45) is 0 Å². The standard InChI is InChI=1S/C15H17FN4O/c1-2-3-10-17-13-8-9-14(20-19-13)18-15(21)11-6-4-5-7-12(11)16/h4-9H,2-3,10H2,1H3,(H,17,19)(H,18,20,21). The summed E-state index contributed by atoms with van der Waals surface area (Å²) in [6.07, 6.45) is 2.14. The quantitative estimate of drug-likeness (QED) is 0.802. The van der Waals surface area contributed by atoms with Crippen molar-refractivity contribution in [3.63, 3.8) is 0 Å². The van der Waals surface area contributed by atoms with Gasteiger partial charge in [-0.3, -0.25) is 4.79 Å². The van der Waals surface area contributed by atoms with Crippen molar-refractivity contribution >= 4 is 17.5 Å². The zero-order valence-corrected chi connectivity index (χ0v) is 11.8. The van der Waals surface area contributed by atoms with E-state index >= 15 is 0 Å². The minimum Gasteiger partial charge on any atom is -0.369 e.